The molecule has 0 bridgehead atoms. The standard InChI is InChI=1S/C36H40N4O5S/c1-21(2)45-29-12-11-25(15-22(29)3)26-17-37-32(38-18-26)24-9-7-23(8-10-24)16-28(34(42)40-19-27(20-40)35(43)44)39-33(41)30-13-14-31(46-30)36(4,5)6/h7-15,17-18,21,27-28H,16,19-20H2,1-6H3,(H,39,41)(H,43,44)/t28-/m0/s1. The van der Waals surface area contributed by atoms with Crippen LogP contribution in [0.15, 0.2) is 67.0 Å². The van der Waals surface area contributed by atoms with Crippen LogP contribution in [-0.2, 0) is 21.4 Å². The average molecular weight is 641 g/mol. The van der Waals surface area contributed by atoms with Gasteiger partial charge in [-0.15, -0.1) is 11.3 Å². The van der Waals surface area contributed by atoms with E-state index in [1.54, 1.807) is 18.5 Å². The number of thiophene rings is 1. The van der Waals surface area contributed by atoms with E-state index in [4.69, 9.17) is 4.74 Å². The number of hydrogen-bond acceptors (Lipinski definition) is 7. The lowest BCUT2D eigenvalue weighted by Gasteiger charge is -2.38. The Morgan fingerprint density at radius 1 is 0.978 bits per heavy atom. The molecule has 0 unspecified atom stereocenters. The molecule has 5 rings (SSSR count). The molecule has 1 aliphatic rings. The smallest absolute Gasteiger partial charge is 0.310 e. The third kappa shape index (κ3) is 7.62. The zero-order valence-electron chi connectivity index (χ0n) is 27.0. The van der Waals surface area contributed by atoms with Crippen molar-refractivity contribution in [1.29, 1.82) is 0 Å². The van der Waals surface area contributed by atoms with E-state index in [2.05, 4.69) is 42.1 Å². The summed E-state index contributed by atoms with van der Waals surface area (Å²) in [5.74, 6) is -0.694. The van der Waals surface area contributed by atoms with Crippen molar-refractivity contribution in [3.63, 3.8) is 0 Å². The normalized spacial score (nSPS) is 14.1. The monoisotopic (exact) mass is 640 g/mol. The van der Waals surface area contributed by atoms with E-state index in [9.17, 15) is 19.5 Å². The van der Waals surface area contributed by atoms with Crippen molar-refractivity contribution in [1.82, 2.24) is 20.2 Å². The third-order valence-corrected chi connectivity index (χ3v) is 9.40. The van der Waals surface area contributed by atoms with Crippen molar-refractivity contribution < 1.29 is 24.2 Å². The number of carbonyl (C=O) groups excluding carboxylic acids is 2. The fraction of sp³-hybridized carbons (Fsp3) is 0.361. The Bertz CT molecular complexity index is 1720. The molecule has 0 radical (unpaired) electrons. The van der Waals surface area contributed by atoms with Crippen LogP contribution < -0.4 is 10.1 Å². The second-order valence-corrected chi connectivity index (χ2v) is 14.1. The fourth-order valence-electron chi connectivity index (χ4n) is 5.19. The number of likely N-dealkylation sites (tertiary alicyclic amines) is 1. The molecule has 240 valence electrons. The van der Waals surface area contributed by atoms with Crippen LogP contribution in [0.3, 0.4) is 0 Å². The maximum atomic E-state index is 13.4. The first kappa shape index (κ1) is 32.8. The van der Waals surface area contributed by atoms with E-state index in [0.29, 0.717) is 10.7 Å². The van der Waals surface area contributed by atoms with Gasteiger partial charge in [0.15, 0.2) is 5.82 Å². The number of aryl methyl sites for hydroxylation is 1. The molecule has 1 fully saturated rings. The van der Waals surface area contributed by atoms with E-state index in [1.807, 2.05) is 63.2 Å². The van der Waals surface area contributed by atoms with Crippen LogP contribution in [0.4, 0.5) is 0 Å². The fourth-order valence-corrected chi connectivity index (χ4v) is 6.16. The average Bonchev–Trinajstić information content (AvgIpc) is 3.49. The Morgan fingerprint density at radius 2 is 1.63 bits per heavy atom. The van der Waals surface area contributed by atoms with Gasteiger partial charge in [0.25, 0.3) is 5.91 Å². The quantitative estimate of drug-likeness (QED) is 0.213. The molecule has 2 aromatic carbocycles. The van der Waals surface area contributed by atoms with Crippen LogP contribution in [0, 0.1) is 12.8 Å². The molecule has 2 aromatic heterocycles. The number of nitrogens with one attached hydrogen (secondary N) is 1. The molecule has 2 amide bonds. The molecule has 1 aliphatic heterocycles. The summed E-state index contributed by atoms with van der Waals surface area (Å²) in [5.41, 5.74) is 4.51. The molecule has 1 atom stereocenters. The van der Waals surface area contributed by atoms with Gasteiger partial charge in [-0.25, -0.2) is 9.97 Å². The van der Waals surface area contributed by atoms with Crippen molar-refractivity contribution in [2.24, 2.45) is 5.92 Å². The first-order valence-corrected chi connectivity index (χ1v) is 16.2. The number of carbonyl (C=O) groups is 3. The van der Waals surface area contributed by atoms with Crippen LogP contribution >= 0.6 is 11.3 Å². The summed E-state index contributed by atoms with van der Waals surface area (Å²) in [4.78, 5) is 50.3. The third-order valence-electron chi connectivity index (χ3n) is 7.89. The van der Waals surface area contributed by atoms with Crippen LogP contribution in [0.5, 0.6) is 5.75 Å². The molecular weight excluding hydrogens is 600 g/mol. The highest BCUT2D eigenvalue weighted by Gasteiger charge is 2.39. The Balaban J connectivity index is 1.29. The summed E-state index contributed by atoms with van der Waals surface area (Å²) in [6.07, 6.45) is 3.95. The highest BCUT2D eigenvalue weighted by atomic mass is 32.1. The molecule has 0 spiro atoms. The van der Waals surface area contributed by atoms with Gasteiger partial charge >= 0.3 is 5.97 Å². The molecule has 0 saturated carbocycles. The minimum absolute atomic E-state index is 0.0963. The van der Waals surface area contributed by atoms with E-state index >= 15 is 0 Å². The number of ether oxygens (including phenoxy) is 1. The lowest BCUT2D eigenvalue weighted by atomic mass is 9.95. The van der Waals surface area contributed by atoms with E-state index in [0.717, 1.165) is 38.4 Å². The van der Waals surface area contributed by atoms with E-state index in [-0.39, 0.29) is 42.8 Å². The van der Waals surface area contributed by atoms with E-state index in [1.165, 1.54) is 16.2 Å². The Labute approximate surface area is 273 Å². The van der Waals surface area contributed by atoms with Crippen LogP contribution in [0.25, 0.3) is 22.5 Å². The van der Waals surface area contributed by atoms with Gasteiger partial charge in [0.05, 0.1) is 16.9 Å². The summed E-state index contributed by atoms with van der Waals surface area (Å²) in [7, 11) is 0. The topological polar surface area (TPSA) is 122 Å². The molecule has 9 nitrogen and oxygen atoms in total. The largest absolute Gasteiger partial charge is 0.491 e. The van der Waals surface area contributed by atoms with Crippen LogP contribution in [0.2, 0.25) is 0 Å². The van der Waals surface area contributed by atoms with Gasteiger partial charge in [0, 0.05) is 47.9 Å². The van der Waals surface area contributed by atoms with Crippen molar-refractivity contribution in [2.45, 2.75) is 65.5 Å². The molecule has 2 N–H and O–H groups in total. The molecule has 46 heavy (non-hydrogen) atoms. The first-order valence-electron chi connectivity index (χ1n) is 15.4. The SMILES string of the molecule is Cc1cc(-c2cnc(-c3ccc(C[C@H](NC(=O)c4ccc(C(C)(C)C)s4)C(=O)N4CC(C(=O)O)C4)cc3)nc2)ccc1OC(C)C. The van der Waals surface area contributed by atoms with Gasteiger partial charge in [-0.2, -0.15) is 0 Å². The van der Waals surface area contributed by atoms with Gasteiger partial charge in [0.2, 0.25) is 5.91 Å². The summed E-state index contributed by atoms with van der Waals surface area (Å²) < 4.78 is 5.85. The summed E-state index contributed by atoms with van der Waals surface area (Å²) >= 11 is 1.41. The van der Waals surface area contributed by atoms with Gasteiger partial charge < -0.3 is 20.1 Å². The lowest BCUT2D eigenvalue weighted by Crippen LogP contribution is -2.59. The second-order valence-electron chi connectivity index (χ2n) is 13.1. The maximum Gasteiger partial charge on any atom is 0.310 e. The number of nitrogens with zero attached hydrogens (tertiary/aromatic N) is 3. The lowest BCUT2D eigenvalue weighted by molar-refractivity contribution is -0.153. The molecule has 3 heterocycles. The highest BCUT2D eigenvalue weighted by molar-refractivity contribution is 7.14. The molecule has 1 saturated heterocycles. The maximum absolute atomic E-state index is 13.4. The second kappa shape index (κ2) is 13.4. The van der Waals surface area contributed by atoms with Crippen molar-refractivity contribution in [2.75, 3.05) is 13.1 Å². The van der Waals surface area contributed by atoms with Crippen LogP contribution in [-0.4, -0.2) is 63.0 Å². The van der Waals surface area contributed by atoms with E-state index < -0.39 is 17.9 Å². The van der Waals surface area contributed by atoms with Crippen molar-refractivity contribution in [3.8, 4) is 28.3 Å². The molecule has 4 aromatic rings. The first-order chi connectivity index (χ1) is 21.8. The summed E-state index contributed by atoms with van der Waals surface area (Å²) in [6.45, 7) is 12.5. The van der Waals surface area contributed by atoms with Gasteiger partial charge in [-0.05, 0) is 67.1 Å². The Kier molecular flexibility index (Phi) is 9.58. The summed E-state index contributed by atoms with van der Waals surface area (Å²) in [6, 6.07) is 16.5. The Morgan fingerprint density at radius 3 is 2.20 bits per heavy atom. The molecule has 0 aliphatic carbocycles. The number of carboxylic acid groups (broad SMARTS) is 1. The Hall–Kier alpha value is -4.57. The minimum atomic E-state index is -0.923. The zero-order valence-corrected chi connectivity index (χ0v) is 27.9. The van der Waals surface area contributed by atoms with Crippen molar-refractivity contribution in [3.05, 3.63) is 87.9 Å². The number of carboxylic acids is 1. The predicted molar refractivity (Wildman–Crippen MR) is 179 cm³/mol. The summed E-state index contributed by atoms with van der Waals surface area (Å²) in [5, 5.41) is 12.2. The number of aromatic nitrogens is 2. The number of rotatable bonds is 10. The van der Waals surface area contributed by atoms with Gasteiger partial charge in [-0.3, -0.25) is 14.4 Å². The molecular formula is C36H40N4O5S. The molecule has 10 heteroatoms. The van der Waals surface area contributed by atoms with Crippen LogP contribution in [0.1, 0.15) is 60.3 Å². The van der Waals surface area contributed by atoms with Gasteiger partial charge in [0.1, 0.15) is 11.8 Å². The zero-order chi connectivity index (χ0) is 33.2. The highest BCUT2D eigenvalue weighted by Crippen LogP contribution is 2.30. The predicted octanol–water partition coefficient (Wildman–Crippen LogP) is 6.15. The number of hydrogen-bond donors (Lipinski definition) is 2. The minimum Gasteiger partial charge on any atom is -0.491 e. The number of aliphatic carboxylic acids is 1. The van der Waals surface area contributed by atoms with Crippen molar-refractivity contribution >= 4 is 29.1 Å². The van der Waals surface area contributed by atoms with Gasteiger partial charge in [-0.1, -0.05) is 51.1 Å². The number of benzene rings is 2. The number of amides is 2.